The summed E-state index contributed by atoms with van der Waals surface area (Å²) in [4.78, 5) is 4.62. The molecule has 0 radical (unpaired) electrons. The van der Waals surface area contributed by atoms with Crippen LogP contribution in [0.2, 0.25) is 0 Å². The highest BCUT2D eigenvalue weighted by Gasteiger charge is 2.21. The molecule has 0 aliphatic heterocycles. The van der Waals surface area contributed by atoms with E-state index in [0.717, 1.165) is 5.69 Å². The molecular weight excluding hydrogens is 186 g/mol. The minimum Gasteiger partial charge on any atom is -0.337 e. The Balaban J connectivity index is 2.92. The zero-order chi connectivity index (χ0) is 11.4. The molecule has 86 valence electrons. The number of hydrogen-bond donors (Lipinski definition) is 1. The minimum atomic E-state index is 0.477. The molecule has 1 aromatic heterocycles. The van der Waals surface area contributed by atoms with Gasteiger partial charge in [0, 0.05) is 25.2 Å². The van der Waals surface area contributed by atoms with E-state index in [0.29, 0.717) is 12.0 Å². The van der Waals surface area contributed by atoms with Crippen LogP contribution in [-0.2, 0) is 7.05 Å². The summed E-state index contributed by atoms with van der Waals surface area (Å²) in [6.45, 7) is 6.51. The fourth-order valence-electron chi connectivity index (χ4n) is 2.09. The average molecular weight is 209 g/mol. The van der Waals surface area contributed by atoms with E-state index in [1.54, 1.807) is 0 Å². The maximum atomic E-state index is 4.62. The number of aryl methyl sites for hydroxylation is 2. The first-order chi connectivity index (χ1) is 7.10. The Hall–Kier alpha value is -0.830. The Morgan fingerprint density at radius 2 is 2.20 bits per heavy atom. The lowest BCUT2D eigenvalue weighted by molar-refractivity contribution is 0.437. The van der Waals surface area contributed by atoms with E-state index in [2.05, 4.69) is 48.9 Å². The monoisotopic (exact) mass is 209 g/mol. The van der Waals surface area contributed by atoms with Crippen molar-refractivity contribution in [2.45, 2.75) is 45.6 Å². The van der Waals surface area contributed by atoms with Crippen molar-refractivity contribution in [2.24, 2.45) is 7.05 Å². The molecule has 0 aliphatic carbocycles. The maximum Gasteiger partial charge on any atom is 0.113 e. The molecule has 0 bridgehead atoms. The van der Waals surface area contributed by atoms with E-state index in [1.807, 2.05) is 7.05 Å². The average Bonchev–Trinajstić information content (AvgIpc) is 2.53. The fourth-order valence-corrected chi connectivity index (χ4v) is 2.09. The Morgan fingerprint density at radius 1 is 1.53 bits per heavy atom. The Morgan fingerprint density at radius 3 is 2.60 bits per heavy atom. The smallest absolute Gasteiger partial charge is 0.113 e. The zero-order valence-corrected chi connectivity index (χ0v) is 10.5. The summed E-state index contributed by atoms with van der Waals surface area (Å²) >= 11 is 0. The van der Waals surface area contributed by atoms with E-state index >= 15 is 0 Å². The van der Waals surface area contributed by atoms with Crippen LogP contribution in [0, 0.1) is 6.92 Å². The molecular formula is C12H23N3. The Labute approximate surface area is 92.9 Å². The molecule has 1 aromatic rings. The fraction of sp³-hybridized carbons (Fsp3) is 0.750. The van der Waals surface area contributed by atoms with Gasteiger partial charge in [-0.3, -0.25) is 0 Å². The second-order valence-electron chi connectivity index (χ2n) is 4.32. The SMILES string of the molecule is CCCC(c1nc(C)cn1C)C(C)NC. The van der Waals surface area contributed by atoms with Gasteiger partial charge in [0.05, 0.1) is 5.69 Å². The predicted octanol–water partition coefficient (Wildman–Crippen LogP) is 2.22. The topological polar surface area (TPSA) is 29.9 Å². The van der Waals surface area contributed by atoms with Crippen molar-refractivity contribution in [2.75, 3.05) is 7.05 Å². The summed E-state index contributed by atoms with van der Waals surface area (Å²) < 4.78 is 2.16. The molecule has 2 unspecified atom stereocenters. The molecule has 0 spiro atoms. The van der Waals surface area contributed by atoms with Crippen molar-refractivity contribution in [1.29, 1.82) is 0 Å². The van der Waals surface area contributed by atoms with Crippen LogP contribution in [0.3, 0.4) is 0 Å². The van der Waals surface area contributed by atoms with E-state index in [1.165, 1.54) is 18.7 Å². The molecule has 1 rings (SSSR count). The van der Waals surface area contributed by atoms with Gasteiger partial charge in [0.2, 0.25) is 0 Å². The van der Waals surface area contributed by atoms with Crippen molar-refractivity contribution < 1.29 is 0 Å². The Bertz CT molecular complexity index is 304. The van der Waals surface area contributed by atoms with Gasteiger partial charge in [-0.1, -0.05) is 13.3 Å². The lowest BCUT2D eigenvalue weighted by atomic mass is 9.95. The number of imidazole rings is 1. The van der Waals surface area contributed by atoms with Crippen LogP contribution in [0.15, 0.2) is 6.20 Å². The number of nitrogens with zero attached hydrogens (tertiary/aromatic N) is 2. The van der Waals surface area contributed by atoms with Gasteiger partial charge in [-0.05, 0) is 27.3 Å². The molecule has 0 fully saturated rings. The van der Waals surface area contributed by atoms with Crippen LogP contribution in [0.4, 0.5) is 0 Å². The minimum absolute atomic E-state index is 0.477. The van der Waals surface area contributed by atoms with Gasteiger partial charge >= 0.3 is 0 Å². The highest BCUT2D eigenvalue weighted by atomic mass is 15.1. The van der Waals surface area contributed by atoms with Crippen molar-refractivity contribution in [3.05, 3.63) is 17.7 Å². The Kier molecular flexibility index (Phi) is 4.33. The number of aromatic nitrogens is 2. The van der Waals surface area contributed by atoms with E-state index in [9.17, 15) is 0 Å². The molecule has 3 nitrogen and oxygen atoms in total. The lowest BCUT2D eigenvalue weighted by Crippen LogP contribution is -2.30. The third-order valence-corrected chi connectivity index (χ3v) is 3.02. The molecule has 0 aromatic carbocycles. The van der Waals surface area contributed by atoms with Crippen LogP contribution in [0.5, 0.6) is 0 Å². The quantitative estimate of drug-likeness (QED) is 0.806. The molecule has 1 N–H and O–H groups in total. The van der Waals surface area contributed by atoms with Crippen LogP contribution < -0.4 is 5.32 Å². The highest BCUT2D eigenvalue weighted by molar-refractivity contribution is 5.08. The van der Waals surface area contributed by atoms with Crippen molar-refractivity contribution in [3.63, 3.8) is 0 Å². The van der Waals surface area contributed by atoms with Crippen LogP contribution in [-0.4, -0.2) is 22.6 Å². The largest absolute Gasteiger partial charge is 0.337 e. The number of likely N-dealkylation sites (N-methyl/N-ethyl adjacent to an activating group) is 1. The van der Waals surface area contributed by atoms with Gasteiger partial charge < -0.3 is 9.88 Å². The summed E-state index contributed by atoms with van der Waals surface area (Å²) in [5.41, 5.74) is 1.11. The highest BCUT2D eigenvalue weighted by Crippen LogP contribution is 2.23. The van der Waals surface area contributed by atoms with Gasteiger partial charge in [-0.25, -0.2) is 4.98 Å². The molecule has 2 atom stereocenters. The van der Waals surface area contributed by atoms with Gasteiger partial charge in [0.25, 0.3) is 0 Å². The first-order valence-corrected chi connectivity index (χ1v) is 5.77. The summed E-state index contributed by atoms with van der Waals surface area (Å²) in [5, 5.41) is 3.33. The van der Waals surface area contributed by atoms with Crippen molar-refractivity contribution in [1.82, 2.24) is 14.9 Å². The summed E-state index contributed by atoms with van der Waals surface area (Å²) in [7, 11) is 4.10. The molecule has 0 saturated heterocycles. The molecule has 0 aliphatic rings. The second-order valence-corrected chi connectivity index (χ2v) is 4.32. The zero-order valence-electron chi connectivity index (χ0n) is 10.5. The summed E-state index contributed by atoms with van der Waals surface area (Å²) in [6, 6.07) is 0.477. The van der Waals surface area contributed by atoms with Crippen molar-refractivity contribution >= 4 is 0 Å². The summed E-state index contributed by atoms with van der Waals surface area (Å²) in [5.74, 6) is 1.72. The third-order valence-electron chi connectivity index (χ3n) is 3.02. The third kappa shape index (κ3) is 2.81. The number of nitrogens with one attached hydrogen (secondary N) is 1. The first kappa shape index (κ1) is 12.2. The van der Waals surface area contributed by atoms with Gasteiger partial charge in [0.1, 0.15) is 5.82 Å². The standard InChI is InChI=1S/C12H23N3/c1-6-7-11(10(3)13-4)12-14-9(2)8-15(12)5/h8,10-11,13H,6-7H2,1-5H3. The van der Waals surface area contributed by atoms with Crippen molar-refractivity contribution in [3.8, 4) is 0 Å². The molecule has 15 heavy (non-hydrogen) atoms. The van der Waals surface area contributed by atoms with Gasteiger partial charge in [-0.2, -0.15) is 0 Å². The van der Waals surface area contributed by atoms with Crippen LogP contribution >= 0.6 is 0 Å². The molecule has 0 saturated carbocycles. The normalized spacial score (nSPS) is 15.3. The molecule has 1 heterocycles. The second kappa shape index (κ2) is 5.31. The molecule has 0 amide bonds. The predicted molar refractivity (Wildman–Crippen MR) is 64.1 cm³/mol. The van der Waals surface area contributed by atoms with Crippen LogP contribution in [0.25, 0.3) is 0 Å². The number of hydrogen-bond acceptors (Lipinski definition) is 2. The van der Waals surface area contributed by atoms with Gasteiger partial charge in [0.15, 0.2) is 0 Å². The lowest BCUT2D eigenvalue weighted by Gasteiger charge is -2.22. The van der Waals surface area contributed by atoms with E-state index in [-0.39, 0.29) is 0 Å². The maximum absolute atomic E-state index is 4.62. The van der Waals surface area contributed by atoms with E-state index < -0.39 is 0 Å². The molecule has 3 heteroatoms. The van der Waals surface area contributed by atoms with E-state index in [4.69, 9.17) is 0 Å². The number of rotatable bonds is 5. The van der Waals surface area contributed by atoms with Gasteiger partial charge in [-0.15, -0.1) is 0 Å². The summed E-state index contributed by atoms with van der Waals surface area (Å²) in [6.07, 6.45) is 4.48. The first-order valence-electron chi connectivity index (χ1n) is 5.77. The van der Waals surface area contributed by atoms with Crippen LogP contribution in [0.1, 0.15) is 44.1 Å².